The van der Waals surface area contributed by atoms with Crippen LogP contribution in [0.4, 0.5) is 0 Å². The van der Waals surface area contributed by atoms with Crippen LogP contribution in [0.5, 0.6) is 5.75 Å². The van der Waals surface area contributed by atoms with E-state index in [4.69, 9.17) is 4.74 Å². The van der Waals surface area contributed by atoms with Crippen LogP contribution in [0.2, 0.25) is 0 Å². The van der Waals surface area contributed by atoms with Gasteiger partial charge >= 0.3 is 0 Å². The van der Waals surface area contributed by atoms with E-state index in [2.05, 4.69) is 11.2 Å². The molecule has 94 valence electrons. The summed E-state index contributed by atoms with van der Waals surface area (Å²) < 4.78 is 7.15. The summed E-state index contributed by atoms with van der Waals surface area (Å²) in [4.78, 5) is 11.1. The average molecular weight is 244 g/mol. The molecule has 0 radical (unpaired) electrons. The minimum absolute atomic E-state index is 0.570. The first-order chi connectivity index (χ1) is 8.58. The molecule has 1 aromatic carbocycles. The zero-order valence-corrected chi connectivity index (χ0v) is 11.0. The predicted octanol–water partition coefficient (Wildman–Crippen LogP) is 2.53. The number of rotatable bonds is 3. The largest absolute Gasteiger partial charge is 0.496 e. The molecule has 0 aliphatic rings. The van der Waals surface area contributed by atoms with Gasteiger partial charge in [0.1, 0.15) is 5.75 Å². The molecule has 0 aliphatic carbocycles. The van der Waals surface area contributed by atoms with E-state index in [0.29, 0.717) is 5.56 Å². The molecule has 1 aromatic heterocycles. The number of hydrogen-bond acceptors (Lipinski definition) is 3. The highest BCUT2D eigenvalue weighted by atomic mass is 16.5. The van der Waals surface area contributed by atoms with Gasteiger partial charge in [0, 0.05) is 12.6 Å². The molecule has 0 spiro atoms. The van der Waals surface area contributed by atoms with Crippen molar-refractivity contribution in [1.29, 1.82) is 0 Å². The summed E-state index contributed by atoms with van der Waals surface area (Å²) >= 11 is 0. The molecule has 0 saturated carbocycles. The lowest BCUT2D eigenvalue weighted by atomic mass is 10.0. The quantitative estimate of drug-likeness (QED) is 0.779. The number of ether oxygens (including phenoxy) is 1. The number of carbonyl (C=O) groups excluding carboxylic acids is 1. The van der Waals surface area contributed by atoms with Crippen molar-refractivity contribution < 1.29 is 9.53 Å². The second-order valence-corrected chi connectivity index (χ2v) is 4.35. The summed E-state index contributed by atoms with van der Waals surface area (Å²) in [6.07, 6.45) is 2.39. The molecule has 0 aliphatic heterocycles. The van der Waals surface area contributed by atoms with Gasteiger partial charge in [-0.05, 0) is 31.0 Å². The molecule has 0 fully saturated rings. The molecular weight excluding hydrogens is 228 g/mol. The lowest BCUT2D eigenvalue weighted by Crippen LogP contribution is -2.00. The summed E-state index contributed by atoms with van der Waals surface area (Å²) in [5.41, 5.74) is 4.43. The molecule has 0 atom stereocenters. The summed E-state index contributed by atoms with van der Waals surface area (Å²) in [5, 5.41) is 4.13. The van der Waals surface area contributed by atoms with Crippen molar-refractivity contribution in [3.8, 4) is 17.0 Å². The fraction of sp³-hybridized carbons (Fsp3) is 0.286. The van der Waals surface area contributed by atoms with E-state index < -0.39 is 0 Å². The summed E-state index contributed by atoms with van der Waals surface area (Å²) in [7, 11) is 3.46. The van der Waals surface area contributed by atoms with E-state index in [9.17, 15) is 4.79 Å². The van der Waals surface area contributed by atoms with E-state index in [0.717, 1.165) is 34.4 Å². The fourth-order valence-corrected chi connectivity index (χ4v) is 2.27. The number of hydrogen-bond donors (Lipinski definition) is 0. The van der Waals surface area contributed by atoms with Gasteiger partial charge < -0.3 is 4.74 Å². The fourth-order valence-electron chi connectivity index (χ4n) is 2.27. The zero-order valence-electron chi connectivity index (χ0n) is 11.0. The normalized spacial score (nSPS) is 10.4. The van der Waals surface area contributed by atoms with Gasteiger partial charge in [-0.3, -0.25) is 9.48 Å². The Hall–Kier alpha value is -2.10. The third-order valence-electron chi connectivity index (χ3n) is 2.97. The molecule has 4 heteroatoms. The van der Waals surface area contributed by atoms with Gasteiger partial charge in [-0.15, -0.1) is 0 Å². The minimum Gasteiger partial charge on any atom is -0.496 e. The molecule has 2 rings (SSSR count). The van der Waals surface area contributed by atoms with Gasteiger partial charge in [-0.25, -0.2) is 0 Å². The summed E-state index contributed by atoms with van der Waals surface area (Å²) in [6, 6.07) is 4.06. The number of aldehydes is 1. The van der Waals surface area contributed by atoms with Crippen LogP contribution < -0.4 is 4.74 Å². The Kier molecular flexibility index (Phi) is 3.19. The smallest absolute Gasteiger partial charge is 0.153 e. The maximum atomic E-state index is 11.1. The first-order valence-corrected chi connectivity index (χ1v) is 5.71. The van der Waals surface area contributed by atoms with Crippen LogP contribution in [0, 0.1) is 13.8 Å². The van der Waals surface area contributed by atoms with Crippen LogP contribution in [0.25, 0.3) is 11.3 Å². The minimum atomic E-state index is 0.570. The molecule has 2 aromatic rings. The van der Waals surface area contributed by atoms with Crippen molar-refractivity contribution in [2.45, 2.75) is 13.8 Å². The Morgan fingerprint density at radius 1 is 1.33 bits per heavy atom. The van der Waals surface area contributed by atoms with Gasteiger partial charge in [0.25, 0.3) is 0 Å². The molecule has 0 unspecified atom stereocenters. The van der Waals surface area contributed by atoms with E-state index in [1.807, 2.05) is 27.0 Å². The number of aryl methyl sites for hydroxylation is 3. The van der Waals surface area contributed by atoms with Gasteiger partial charge in [0.15, 0.2) is 6.29 Å². The van der Waals surface area contributed by atoms with Gasteiger partial charge in [0.05, 0.1) is 24.6 Å². The Morgan fingerprint density at radius 2 is 2.06 bits per heavy atom. The van der Waals surface area contributed by atoms with Crippen LogP contribution in [0.3, 0.4) is 0 Å². The summed E-state index contributed by atoms with van der Waals surface area (Å²) in [6.45, 7) is 4.01. The molecule has 0 bridgehead atoms. The van der Waals surface area contributed by atoms with Gasteiger partial charge in [-0.1, -0.05) is 6.07 Å². The van der Waals surface area contributed by atoms with Crippen LogP contribution in [-0.2, 0) is 7.05 Å². The van der Waals surface area contributed by atoms with Gasteiger partial charge in [0.2, 0.25) is 0 Å². The molecule has 0 saturated heterocycles. The maximum absolute atomic E-state index is 11.1. The molecular formula is C14H16N2O2. The number of aromatic nitrogens is 2. The molecule has 4 nitrogen and oxygen atoms in total. The highest BCUT2D eigenvalue weighted by Gasteiger charge is 2.16. The van der Waals surface area contributed by atoms with Crippen LogP contribution in [0.15, 0.2) is 18.3 Å². The lowest BCUT2D eigenvalue weighted by Gasteiger charge is -2.13. The first-order valence-electron chi connectivity index (χ1n) is 5.71. The van der Waals surface area contributed by atoms with Crippen molar-refractivity contribution in [3.05, 3.63) is 35.0 Å². The van der Waals surface area contributed by atoms with E-state index in [1.165, 1.54) is 0 Å². The third kappa shape index (κ3) is 1.90. The second kappa shape index (κ2) is 4.64. The molecule has 18 heavy (non-hydrogen) atoms. The maximum Gasteiger partial charge on any atom is 0.153 e. The van der Waals surface area contributed by atoms with Crippen molar-refractivity contribution in [1.82, 2.24) is 9.78 Å². The second-order valence-electron chi connectivity index (χ2n) is 4.35. The number of nitrogens with zero attached hydrogens (tertiary/aromatic N) is 2. The van der Waals surface area contributed by atoms with Crippen LogP contribution in [-0.4, -0.2) is 23.2 Å². The van der Waals surface area contributed by atoms with E-state index in [1.54, 1.807) is 18.0 Å². The highest BCUT2D eigenvalue weighted by Crippen LogP contribution is 2.35. The van der Waals surface area contributed by atoms with Crippen LogP contribution >= 0.6 is 0 Å². The zero-order chi connectivity index (χ0) is 13.3. The SMILES string of the molecule is COc1c(C)cc(C)cc1-c1c(C=O)cnn1C. The topological polar surface area (TPSA) is 44.1 Å². The van der Waals surface area contributed by atoms with Crippen molar-refractivity contribution in [2.24, 2.45) is 7.05 Å². The average Bonchev–Trinajstić information content (AvgIpc) is 2.69. The summed E-state index contributed by atoms with van der Waals surface area (Å²) in [5.74, 6) is 0.785. The lowest BCUT2D eigenvalue weighted by molar-refractivity contribution is 0.112. The number of carbonyl (C=O) groups is 1. The first kappa shape index (κ1) is 12.4. The molecule has 1 heterocycles. The number of methoxy groups -OCH3 is 1. The Morgan fingerprint density at radius 3 is 2.67 bits per heavy atom. The number of benzene rings is 1. The van der Waals surface area contributed by atoms with Crippen LogP contribution in [0.1, 0.15) is 21.5 Å². The van der Waals surface area contributed by atoms with E-state index in [-0.39, 0.29) is 0 Å². The van der Waals surface area contributed by atoms with Crippen molar-refractivity contribution in [2.75, 3.05) is 7.11 Å². The molecule has 0 N–H and O–H groups in total. The van der Waals surface area contributed by atoms with Crippen molar-refractivity contribution >= 4 is 6.29 Å². The Balaban J connectivity index is 2.77. The monoisotopic (exact) mass is 244 g/mol. The highest BCUT2D eigenvalue weighted by molar-refractivity contribution is 5.87. The van der Waals surface area contributed by atoms with Crippen molar-refractivity contribution in [3.63, 3.8) is 0 Å². The van der Waals surface area contributed by atoms with E-state index >= 15 is 0 Å². The molecule has 0 amide bonds. The standard InChI is InChI=1S/C14H16N2O2/c1-9-5-10(2)14(18-4)12(6-9)13-11(8-17)7-15-16(13)3/h5-8H,1-4H3. The Labute approximate surface area is 106 Å². The predicted molar refractivity (Wildman–Crippen MR) is 70.1 cm³/mol. The Bertz CT molecular complexity index is 600. The third-order valence-corrected chi connectivity index (χ3v) is 2.97. The van der Waals surface area contributed by atoms with Gasteiger partial charge in [-0.2, -0.15) is 5.10 Å².